The molecule has 140 valence electrons. The maximum Gasteiger partial charge on any atom is 0.119 e. The lowest BCUT2D eigenvalue weighted by Gasteiger charge is -2.33. The van der Waals surface area contributed by atoms with Gasteiger partial charge in [0.2, 0.25) is 0 Å². The van der Waals surface area contributed by atoms with Crippen LogP contribution < -0.4 is 4.74 Å². The summed E-state index contributed by atoms with van der Waals surface area (Å²) in [5.74, 6) is 2.15. The van der Waals surface area contributed by atoms with Gasteiger partial charge in [-0.15, -0.1) is 0 Å². The Morgan fingerprint density at radius 1 is 1.27 bits per heavy atom. The highest BCUT2D eigenvalue weighted by Gasteiger charge is 2.31. The highest BCUT2D eigenvalue weighted by Crippen LogP contribution is 2.35. The van der Waals surface area contributed by atoms with Crippen molar-refractivity contribution in [1.29, 1.82) is 0 Å². The molecule has 2 aromatic rings. The highest BCUT2D eigenvalue weighted by atomic mass is 16.5. The first-order chi connectivity index (χ1) is 12.8. The van der Waals surface area contributed by atoms with Crippen LogP contribution in [0.15, 0.2) is 30.5 Å². The van der Waals surface area contributed by atoms with Crippen molar-refractivity contribution in [3.05, 3.63) is 47.3 Å². The number of fused-ring (bicyclic) bond motifs is 1. The fourth-order valence-corrected chi connectivity index (χ4v) is 3.96. The Balaban J connectivity index is 1.52. The van der Waals surface area contributed by atoms with E-state index in [1.54, 1.807) is 7.11 Å². The first kappa shape index (κ1) is 17.6. The number of nitrogens with zero attached hydrogens (tertiary/aromatic N) is 3. The van der Waals surface area contributed by atoms with Crippen LogP contribution in [0.1, 0.15) is 42.5 Å². The number of hydrogen-bond donors (Lipinski definition) is 0. The Labute approximate surface area is 155 Å². The third-order valence-corrected chi connectivity index (χ3v) is 5.41. The second-order valence-corrected chi connectivity index (χ2v) is 7.56. The third-order valence-electron chi connectivity index (χ3n) is 5.41. The van der Waals surface area contributed by atoms with Crippen molar-refractivity contribution in [3.63, 3.8) is 0 Å². The summed E-state index contributed by atoms with van der Waals surface area (Å²) in [5, 5.41) is 4.72. The Hall–Kier alpha value is -1.85. The molecule has 0 saturated heterocycles. The van der Waals surface area contributed by atoms with Crippen molar-refractivity contribution in [1.82, 2.24) is 14.7 Å². The van der Waals surface area contributed by atoms with E-state index in [1.165, 1.54) is 29.7 Å². The van der Waals surface area contributed by atoms with Crippen LogP contribution in [0.3, 0.4) is 0 Å². The SMILES string of the molecule is CCOCC1CN(Cc2cccc(OC)c2)Cc2cnn(CC3CC3)c21. The van der Waals surface area contributed by atoms with Crippen molar-refractivity contribution in [3.8, 4) is 5.75 Å². The fourth-order valence-electron chi connectivity index (χ4n) is 3.96. The smallest absolute Gasteiger partial charge is 0.119 e. The van der Waals surface area contributed by atoms with E-state index in [0.29, 0.717) is 5.92 Å². The molecule has 0 radical (unpaired) electrons. The van der Waals surface area contributed by atoms with Gasteiger partial charge in [-0.05, 0) is 43.4 Å². The molecule has 1 unspecified atom stereocenters. The van der Waals surface area contributed by atoms with Crippen LogP contribution in [-0.4, -0.2) is 41.5 Å². The summed E-state index contributed by atoms with van der Waals surface area (Å²) >= 11 is 0. The van der Waals surface area contributed by atoms with Crippen LogP contribution in [0.25, 0.3) is 0 Å². The number of rotatable bonds is 8. The molecular formula is C21H29N3O2. The highest BCUT2D eigenvalue weighted by molar-refractivity contribution is 5.30. The molecule has 1 fully saturated rings. The molecule has 0 amide bonds. The zero-order valence-electron chi connectivity index (χ0n) is 15.9. The molecule has 1 aromatic carbocycles. The average Bonchev–Trinajstić information content (AvgIpc) is 3.39. The molecule has 2 aliphatic rings. The van der Waals surface area contributed by atoms with Gasteiger partial charge in [-0.2, -0.15) is 5.10 Å². The van der Waals surface area contributed by atoms with Crippen LogP contribution in [-0.2, 0) is 24.4 Å². The van der Waals surface area contributed by atoms with Crippen LogP contribution >= 0.6 is 0 Å². The van der Waals surface area contributed by atoms with Gasteiger partial charge in [-0.3, -0.25) is 9.58 Å². The van der Waals surface area contributed by atoms with Crippen LogP contribution in [0.4, 0.5) is 0 Å². The molecule has 0 bridgehead atoms. The van der Waals surface area contributed by atoms with Crippen molar-refractivity contribution in [2.75, 3.05) is 26.9 Å². The van der Waals surface area contributed by atoms with Gasteiger partial charge in [-0.1, -0.05) is 12.1 Å². The number of ether oxygens (including phenoxy) is 2. The normalized spacial score (nSPS) is 20.2. The molecule has 2 heterocycles. The number of methoxy groups -OCH3 is 1. The predicted molar refractivity (Wildman–Crippen MR) is 101 cm³/mol. The first-order valence-corrected chi connectivity index (χ1v) is 9.74. The van der Waals surface area contributed by atoms with Gasteiger partial charge in [0.15, 0.2) is 0 Å². The van der Waals surface area contributed by atoms with Crippen molar-refractivity contribution < 1.29 is 9.47 Å². The fraction of sp³-hybridized carbons (Fsp3) is 0.571. The van der Waals surface area contributed by atoms with Crippen molar-refractivity contribution >= 4 is 0 Å². The monoisotopic (exact) mass is 355 g/mol. The second kappa shape index (κ2) is 7.80. The van der Waals surface area contributed by atoms with Gasteiger partial charge in [-0.25, -0.2) is 0 Å². The predicted octanol–water partition coefficient (Wildman–Crippen LogP) is 3.44. The van der Waals surface area contributed by atoms with E-state index in [2.05, 4.69) is 40.9 Å². The van der Waals surface area contributed by atoms with Crippen molar-refractivity contribution in [2.24, 2.45) is 5.92 Å². The third kappa shape index (κ3) is 3.94. The Morgan fingerprint density at radius 2 is 2.15 bits per heavy atom. The quantitative estimate of drug-likeness (QED) is 0.727. The lowest BCUT2D eigenvalue weighted by molar-refractivity contribution is 0.102. The van der Waals surface area contributed by atoms with E-state index in [4.69, 9.17) is 14.6 Å². The minimum atomic E-state index is 0.394. The van der Waals surface area contributed by atoms with E-state index < -0.39 is 0 Å². The van der Waals surface area contributed by atoms with Gasteiger partial charge in [0.25, 0.3) is 0 Å². The summed E-state index contributed by atoms with van der Waals surface area (Å²) in [4.78, 5) is 2.50. The topological polar surface area (TPSA) is 39.5 Å². The zero-order chi connectivity index (χ0) is 17.9. The molecule has 1 saturated carbocycles. The summed E-state index contributed by atoms with van der Waals surface area (Å²) < 4.78 is 13.5. The molecule has 1 aliphatic carbocycles. The van der Waals surface area contributed by atoms with Gasteiger partial charge in [0.1, 0.15) is 5.75 Å². The zero-order valence-corrected chi connectivity index (χ0v) is 15.9. The molecule has 0 spiro atoms. The second-order valence-electron chi connectivity index (χ2n) is 7.56. The molecule has 0 N–H and O–H groups in total. The van der Waals surface area contributed by atoms with E-state index in [1.807, 2.05) is 6.07 Å². The summed E-state index contributed by atoms with van der Waals surface area (Å²) in [7, 11) is 1.72. The average molecular weight is 355 g/mol. The summed E-state index contributed by atoms with van der Waals surface area (Å²) in [6, 6.07) is 8.36. The van der Waals surface area contributed by atoms with E-state index >= 15 is 0 Å². The molecule has 5 nitrogen and oxygen atoms in total. The maximum absolute atomic E-state index is 5.82. The summed E-state index contributed by atoms with van der Waals surface area (Å²) in [5.41, 5.74) is 4.06. The van der Waals surface area contributed by atoms with Gasteiger partial charge >= 0.3 is 0 Å². The number of hydrogen-bond acceptors (Lipinski definition) is 4. The molecule has 1 atom stereocenters. The van der Waals surface area contributed by atoms with E-state index in [-0.39, 0.29) is 0 Å². The first-order valence-electron chi connectivity index (χ1n) is 9.74. The minimum Gasteiger partial charge on any atom is -0.497 e. The van der Waals surface area contributed by atoms with Crippen LogP contribution in [0.2, 0.25) is 0 Å². The standard InChI is InChI=1S/C21H29N3O2/c1-3-26-15-19-14-23(11-17-5-4-6-20(9-17)25-2)13-18-10-22-24(21(18)19)12-16-7-8-16/h4-6,9-10,16,19H,3,7-8,11-15H2,1-2H3. The van der Waals surface area contributed by atoms with Gasteiger partial charge < -0.3 is 9.47 Å². The number of benzene rings is 1. The molecule has 26 heavy (non-hydrogen) atoms. The molecule has 1 aromatic heterocycles. The van der Waals surface area contributed by atoms with Crippen molar-refractivity contribution in [2.45, 2.75) is 45.3 Å². The van der Waals surface area contributed by atoms with E-state index in [9.17, 15) is 0 Å². The van der Waals surface area contributed by atoms with Crippen LogP contribution in [0, 0.1) is 5.92 Å². The summed E-state index contributed by atoms with van der Waals surface area (Å²) in [6.07, 6.45) is 4.79. The molecular weight excluding hydrogens is 326 g/mol. The largest absolute Gasteiger partial charge is 0.497 e. The Bertz CT molecular complexity index is 739. The van der Waals surface area contributed by atoms with Crippen LogP contribution in [0.5, 0.6) is 5.75 Å². The number of aromatic nitrogens is 2. The van der Waals surface area contributed by atoms with Gasteiger partial charge in [0, 0.05) is 50.0 Å². The molecule has 1 aliphatic heterocycles. The molecule has 4 rings (SSSR count). The molecule has 5 heteroatoms. The minimum absolute atomic E-state index is 0.394. The van der Waals surface area contributed by atoms with Gasteiger partial charge in [0.05, 0.1) is 19.9 Å². The lowest BCUT2D eigenvalue weighted by Crippen LogP contribution is -2.36. The van der Waals surface area contributed by atoms with E-state index in [0.717, 1.165) is 51.1 Å². The maximum atomic E-state index is 5.82. The Kier molecular flexibility index (Phi) is 5.27. The lowest BCUT2D eigenvalue weighted by atomic mass is 9.96. The Morgan fingerprint density at radius 3 is 2.92 bits per heavy atom. The summed E-state index contributed by atoms with van der Waals surface area (Å²) in [6.45, 7) is 7.58.